The van der Waals surface area contributed by atoms with Crippen LogP contribution in [-0.4, -0.2) is 40.3 Å². The molecule has 0 saturated carbocycles. The Kier molecular flexibility index (Phi) is 5.38. The van der Waals surface area contributed by atoms with Crippen molar-refractivity contribution in [3.63, 3.8) is 0 Å². The average Bonchev–Trinajstić information content (AvgIpc) is 2.92. The number of thioether (sulfide) groups is 1. The zero-order valence-corrected chi connectivity index (χ0v) is 13.3. The highest BCUT2D eigenvalue weighted by Gasteiger charge is 2.19. The van der Waals surface area contributed by atoms with Crippen molar-refractivity contribution in [2.24, 2.45) is 0 Å². The summed E-state index contributed by atoms with van der Waals surface area (Å²) >= 11 is 1.29. The normalized spacial score (nSPS) is 12.1. The van der Waals surface area contributed by atoms with Crippen LogP contribution in [0.3, 0.4) is 0 Å². The summed E-state index contributed by atoms with van der Waals surface area (Å²) < 4.78 is 5.58. The van der Waals surface area contributed by atoms with Crippen molar-refractivity contribution < 1.29 is 9.21 Å². The van der Waals surface area contributed by atoms with Gasteiger partial charge in [0.2, 0.25) is 11.8 Å². The minimum absolute atomic E-state index is 0.0315. The molecule has 1 aromatic heterocycles. The highest BCUT2D eigenvalue weighted by Crippen LogP contribution is 2.23. The van der Waals surface area contributed by atoms with E-state index in [2.05, 4.69) is 22.3 Å². The first kappa shape index (κ1) is 15.6. The molecule has 0 unspecified atom stereocenters. The van der Waals surface area contributed by atoms with Gasteiger partial charge >= 0.3 is 0 Å². The Morgan fingerprint density at radius 2 is 1.95 bits per heavy atom. The SMILES string of the molecule is C[C@H](Sc1nnc(CCc2ccccc2)o1)C(=O)N(C)C. The molecule has 1 heterocycles. The summed E-state index contributed by atoms with van der Waals surface area (Å²) in [6.45, 7) is 1.83. The second-order valence-corrected chi connectivity index (χ2v) is 6.23. The predicted molar refractivity (Wildman–Crippen MR) is 82.2 cm³/mol. The van der Waals surface area contributed by atoms with Gasteiger partial charge in [0.1, 0.15) is 0 Å². The second kappa shape index (κ2) is 7.26. The van der Waals surface area contributed by atoms with E-state index in [4.69, 9.17) is 4.42 Å². The number of hydrogen-bond acceptors (Lipinski definition) is 5. The van der Waals surface area contributed by atoms with Crippen molar-refractivity contribution in [2.45, 2.75) is 30.2 Å². The molecule has 112 valence electrons. The second-order valence-electron chi connectivity index (χ2n) is 4.94. The van der Waals surface area contributed by atoms with Crippen LogP contribution in [0.1, 0.15) is 18.4 Å². The van der Waals surface area contributed by atoms with E-state index in [0.717, 1.165) is 6.42 Å². The van der Waals surface area contributed by atoms with E-state index in [9.17, 15) is 4.79 Å². The maximum Gasteiger partial charge on any atom is 0.277 e. The third-order valence-corrected chi connectivity index (χ3v) is 3.91. The van der Waals surface area contributed by atoms with Gasteiger partial charge in [-0.2, -0.15) is 0 Å². The fourth-order valence-corrected chi connectivity index (χ4v) is 2.69. The summed E-state index contributed by atoms with van der Waals surface area (Å²) in [5.74, 6) is 0.634. The third kappa shape index (κ3) is 4.60. The number of hydrogen-bond donors (Lipinski definition) is 0. The van der Waals surface area contributed by atoms with Crippen molar-refractivity contribution in [1.82, 2.24) is 15.1 Å². The Hall–Kier alpha value is -1.82. The predicted octanol–water partition coefficient (Wildman–Crippen LogP) is 2.42. The van der Waals surface area contributed by atoms with E-state index in [0.29, 0.717) is 17.5 Å². The Morgan fingerprint density at radius 1 is 1.24 bits per heavy atom. The fourth-order valence-electron chi connectivity index (χ4n) is 1.85. The lowest BCUT2D eigenvalue weighted by atomic mass is 10.1. The van der Waals surface area contributed by atoms with E-state index in [-0.39, 0.29) is 11.2 Å². The monoisotopic (exact) mass is 305 g/mol. The summed E-state index contributed by atoms with van der Waals surface area (Å²) in [7, 11) is 3.47. The smallest absolute Gasteiger partial charge is 0.277 e. The van der Waals surface area contributed by atoms with Gasteiger partial charge in [-0.15, -0.1) is 10.2 Å². The molecule has 1 atom stereocenters. The highest BCUT2D eigenvalue weighted by molar-refractivity contribution is 8.00. The molecule has 0 aliphatic rings. The molecular formula is C15H19N3O2S. The zero-order chi connectivity index (χ0) is 15.2. The molecule has 0 aliphatic heterocycles. The highest BCUT2D eigenvalue weighted by atomic mass is 32.2. The van der Waals surface area contributed by atoms with Crippen LogP contribution in [0.15, 0.2) is 40.0 Å². The number of benzene rings is 1. The van der Waals surface area contributed by atoms with Crippen LogP contribution >= 0.6 is 11.8 Å². The van der Waals surface area contributed by atoms with Gasteiger partial charge in [0.05, 0.1) is 5.25 Å². The molecule has 2 rings (SSSR count). The maximum atomic E-state index is 11.8. The number of aromatic nitrogens is 2. The Labute approximate surface area is 128 Å². The molecule has 0 radical (unpaired) electrons. The molecule has 0 spiro atoms. The van der Waals surface area contributed by atoms with Gasteiger partial charge in [-0.3, -0.25) is 4.79 Å². The van der Waals surface area contributed by atoms with Gasteiger partial charge in [-0.1, -0.05) is 42.1 Å². The van der Waals surface area contributed by atoms with E-state index in [1.54, 1.807) is 19.0 Å². The van der Waals surface area contributed by atoms with Gasteiger partial charge in [0, 0.05) is 20.5 Å². The molecule has 0 bridgehead atoms. The van der Waals surface area contributed by atoms with E-state index >= 15 is 0 Å². The lowest BCUT2D eigenvalue weighted by Gasteiger charge is -2.14. The zero-order valence-electron chi connectivity index (χ0n) is 12.4. The van der Waals surface area contributed by atoms with Crippen molar-refractivity contribution in [3.05, 3.63) is 41.8 Å². The largest absolute Gasteiger partial charge is 0.416 e. The van der Waals surface area contributed by atoms with Crippen LogP contribution in [0.4, 0.5) is 0 Å². The molecule has 0 aliphatic carbocycles. The van der Waals surface area contributed by atoms with Gasteiger partial charge < -0.3 is 9.32 Å². The van der Waals surface area contributed by atoms with Crippen molar-refractivity contribution >= 4 is 17.7 Å². The number of amides is 1. The van der Waals surface area contributed by atoms with Gasteiger partial charge in [-0.25, -0.2) is 0 Å². The minimum atomic E-state index is -0.234. The molecule has 0 fully saturated rings. The third-order valence-electron chi connectivity index (χ3n) is 2.98. The van der Waals surface area contributed by atoms with E-state index < -0.39 is 0 Å². The first-order valence-electron chi connectivity index (χ1n) is 6.80. The standard InChI is InChI=1S/C15H19N3O2S/c1-11(14(19)18(2)3)21-15-17-16-13(20-15)10-9-12-7-5-4-6-8-12/h4-8,11H,9-10H2,1-3H3/t11-/m0/s1. The van der Waals surface area contributed by atoms with Crippen LogP contribution < -0.4 is 0 Å². The quantitative estimate of drug-likeness (QED) is 0.767. The molecule has 1 aromatic carbocycles. The summed E-state index contributed by atoms with van der Waals surface area (Å²) in [5, 5.41) is 8.22. The Bertz CT molecular complexity index is 584. The van der Waals surface area contributed by atoms with Crippen LogP contribution in [0.5, 0.6) is 0 Å². The van der Waals surface area contributed by atoms with E-state index in [1.165, 1.54) is 17.3 Å². The van der Waals surface area contributed by atoms with Crippen LogP contribution in [0.2, 0.25) is 0 Å². The number of rotatable bonds is 6. The van der Waals surface area contributed by atoms with Crippen LogP contribution in [0, 0.1) is 0 Å². The number of carbonyl (C=O) groups excluding carboxylic acids is 1. The molecule has 0 N–H and O–H groups in total. The van der Waals surface area contributed by atoms with Gasteiger partial charge in [0.25, 0.3) is 5.22 Å². The maximum absolute atomic E-state index is 11.8. The fraction of sp³-hybridized carbons (Fsp3) is 0.400. The van der Waals surface area contributed by atoms with Crippen molar-refractivity contribution in [2.75, 3.05) is 14.1 Å². The molecule has 2 aromatic rings. The topological polar surface area (TPSA) is 59.2 Å². The first-order valence-corrected chi connectivity index (χ1v) is 7.68. The Balaban J connectivity index is 1.88. The molecule has 1 amide bonds. The van der Waals surface area contributed by atoms with Gasteiger partial charge in [0.15, 0.2) is 0 Å². The summed E-state index contributed by atoms with van der Waals surface area (Å²) in [6.07, 6.45) is 1.56. The Morgan fingerprint density at radius 3 is 2.62 bits per heavy atom. The number of aryl methyl sites for hydroxylation is 2. The first-order chi connectivity index (χ1) is 10.1. The van der Waals surface area contributed by atoms with Crippen molar-refractivity contribution in [1.29, 1.82) is 0 Å². The van der Waals surface area contributed by atoms with Crippen molar-refractivity contribution in [3.8, 4) is 0 Å². The average molecular weight is 305 g/mol. The van der Waals surface area contributed by atoms with Crippen LogP contribution in [0.25, 0.3) is 0 Å². The molecule has 5 nitrogen and oxygen atoms in total. The molecule has 0 saturated heterocycles. The lowest BCUT2D eigenvalue weighted by molar-refractivity contribution is -0.127. The van der Waals surface area contributed by atoms with Crippen LogP contribution in [-0.2, 0) is 17.6 Å². The summed E-state index contributed by atoms with van der Waals surface area (Å²) in [6, 6.07) is 10.2. The molecule has 21 heavy (non-hydrogen) atoms. The van der Waals surface area contributed by atoms with Gasteiger partial charge in [-0.05, 0) is 18.9 Å². The molecule has 6 heteroatoms. The summed E-state index contributed by atoms with van der Waals surface area (Å²) in [4.78, 5) is 13.3. The van der Waals surface area contributed by atoms with E-state index in [1.807, 2.05) is 25.1 Å². The number of carbonyl (C=O) groups is 1. The molecular weight excluding hydrogens is 286 g/mol. The summed E-state index contributed by atoms with van der Waals surface area (Å²) in [5.41, 5.74) is 1.24. The lowest BCUT2D eigenvalue weighted by Crippen LogP contribution is -2.29. The number of nitrogens with zero attached hydrogens (tertiary/aromatic N) is 3. The minimum Gasteiger partial charge on any atom is -0.416 e.